The Morgan fingerprint density at radius 3 is 1.38 bits per heavy atom. The number of rotatable bonds is 14. The van der Waals surface area contributed by atoms with Crippen molar-refractivity contribution in [3.63, 3.8) is 0 Å². The number of nitrogens with one attached hydrogen (secondary N) is 1. The van der Waals surface area contributed by atoms with Gasteiger partial charge in [-0.15, -0.1) is 0 Å². The minimum atomic E-state index is -0.216. The number of likely N-dealkylation sites (N-methyl/N-ethyl adjacent to an activating group) is 2. The summed E-state index contributed by atoms with van der Waals surface area (Å²) < 4.78 is 2.94. The minimum absolute atomic E-state index is 0.0438. The van der Waals surface area contributed by atoms with E-state index < -0.39 is 0 Å². The van der Waals surface area contributed by atoms with Crippen molar-refractivity contribution in [3.05, 3.63) is 151 Å². The normalized spacial score (nSPS) is 14.4. The van der Waals surface area contributed by atoms with Crippen molar-refractivity contribution in [1.29, 1.82) is 0 Å². The maximum atomic E-state index is 13.7. The second kappa shape index (κ2) is 17.1. The van der Waals surface area contributed by atoms with Crippen molar-refractivity contribution in [1.82, 2.24) is 24.3 Å². The van der Waals surface area contributed by atoms with Gasteiger partial charge in [-0.05, 0) is 90.5 Å². The number of aromatic hydroxyl groups is 2. The highest BCUT2D eigenvalue weighted by Crippen LogP contribution is 2.36. The number of para-hydroxylation sites is 2. The van der Waals surface area contributed by atoms with Crippen molar-refractivity contribution < 1.29 is 10.2 Å². The third kappa shape index (κ3) is 7.35. The smallest absolute Gasteiger partial charge is 0.261 e. The lowest BCUT2D eigenvalue weighted by Gasteiger charge is -2.20. The molecule has 65 heavy (non-hydrogen) atoms. The van der Waals surface area contributed by atoms with E-state index in [1.54, 1.807) is 0 Å². The van der Waals surface area contributed by atoms with Crippen LogP contribution in [0.3, 0.4) is 0 Å². The van der Waals surface area contributed by atoms with Crippen molar-refractivity contribution in [2.75, 3.05) is 67.5 Å². The molecular weight excluding hydrogens is 815 g/mol. The van der Waals surface area contributed by atoms with Crippen LogP contribution in [0.1, 0.15) is 35.1 Å². The van der Waals surface area contributed by atoms with E-state index in [9.17, 15) is 19.8 Å². The molecule has 10 rings (SSSR count). The molecule has 0 atom stereocenters. The first-order valence-corrected chi connectivity index (χ1v) is 22.3. The molecule has 0 fully saturated rings. The quantitative estimate of drug-likeness (QED) is 0.116. The summed E-state index contributed by atoms with van der Waals surface area (Å²) in [4.78, 5) is 51.9. The van der Waals surface area contributed by atoms with Gasteiger partial charge in [0, 0.05) is 105 Å². The van der Waals surface area contributed by atoms with E-state index in [0.29, 0.717) is 71.6 Å². The van der Waals surface area contributed by atoms with E-state index in [2.05, 4.69) is 5.32 Å². The fraction of sp³-hybridized carbons (Fsp3) is 0.269. The van der Waals surface area contributed by atoms with E-state index in [4.69, 9.17) is 20.0 Å². The fourth-order valence-electron chi connectivity index (χ4n) is 9.37. The summed E-state index contributed by atoms with van der Waals surface area (Å²) in [7, 11) is 7.79. The molecule has 3 N–H and O–H groups in total. The lowest BCUT2D eigenvalue weighted by molar-refractivity contribution is 0.353. The van der Waals surface area contributed by atoms with Crippen LogP contribution >= 0.6 is 0 Å². The van der Waals surface area contributed by atoms with Gasteiger partial charge in [-0.3, -0.25) is 28.7 Å². The molecule has 13 nitrogen and oxygen atoms in total. The molecule has 4 heterocycles. The zero-order chi connectivity index (χ0) is 44.9. The van der Waals surface area contributed by atoms with Gasteiger partial charge in [0.2, 0.25) is 11.8 Å². The Labute approximate surface area is 375 Å². The topological polar surface area (TPSA) is 152 Å². The molecule has 2 aliphatic heterocycles. The van der Waals surface area contributed by atoms with E-state index in [1.165, 1.54) is 9.13 Å². The maximum Gasteiger partial charge on any atom is 0.261 e. The number of pyridine rings is 2. The molecule has 0 spiro atoms. The molecule has 8 aromatic rings. The summed E-state index contributed by atoms with van der Waals surface area (Å²) >= 11 is 0. The number of nitrogens with zero attached hydrogens (tertiary/aromatic N) is 8. The largest absolute Gasteiger partial charge is 0.494 e. The number of aliphatic imine (C=N–C) groups is 2. The Balaban J connectivity index is 0.880. The number of fused-ring (bicyclic) bond motifs is 6. The molecular formula is C52H51N9O4. The average molecular weight is 866 g/mol. The van der Waals surface area contributed by atoms with Gasteiger partial charge in [0.1, 0.15) is 0 Å². The van der Waals surface area contributed by atoms with Gasteiger partial charge in [-0.25, -0.2) is 9.98 Å². The molecule has 13 heteroatoms. The standard InChI is InChI=1S/C52H51N9O4/c1-58(2)25-27-60-49(62)35-17-9-15-33-43(35)37(51(60)64)29-39-45(31-13-5-7-19-41(31)56-47(33)39)54-23-11-21-53-22-12-24-55-46-32-14-6-8-20-42(32)57-48-34-16-10-18-36-44(34)38(30-40(46)48)52(65)61(50(36)63)28-26-59(3)4/h5-10,13-20,29-30,53,64-65H,11-12,21-28H2,1-4H3. The van der Waals surface area contributed by atoms with Crippen LogP contribution in [0.4, 0.5) is 11.4 Å². The molecule has 0 radical (unpaired) electrons. The predicted molar refractivity (Wildman–Crippen MR) is 261 cm³/mol. The van der Waals surface area contributed by atoms with Gasteiger partial charge in [0.25, 0.3) is 11.1 Å². The summed E-state index contributed by atoms with van der Waals surface area (Å²) in [5, 5.41) is 33.7. The van der Waals surface area contributed by atoms with E-state index >= 15 is 0 Å². The zero-order valence-electron chi connectivity index (χ0n) is 37.1. The van der Waals surface area contributed by atoms with Crippen molar-refractivity contribution in [3.8, 4) is 11.8 Å². The summed E-state index contributed by atoms with van der Waals surface area (Å²) in [5.74, 6) is -0.0877. The van der Waals surface area contributed by atoms with Gasteiger partial charge in [0.15, 0.2) is 0 Å². The molecule has 0 bridgehead atoms. The van der Waals surface area contributed by atoms with Crippen molar-refractivity contribution in [2.45, 2.75) is 25.9 Å². The predicted octanol–water partition coefficient (Wildman–Crippen LogP) is 5.87. The second-order valence-corrected chi connectivity index (χ2v) is 17.4. The molecule has 6 aromatic carbocycles. The zero-order valence-corrected chi connectivity index (χ0v) is 37.1. The Hall–Kier alpha value is -7.06. The molecule has 0 aliphatic carbocycles. The monoisotopic (exact) mass is 865 g/mol. The first-order valence-electron chi connectivity index (χ1n) is 22.3. The Bertz CT molecular complexity index is 3280. The van der Waals surface area contributed by atoms with Crippen LogP contribution in [0.25, 0.3) is 43.1 Å². The van der Waals surface area contributed by atoms with Gasteiger partial charge in [-0.1, -0.05) is 60.7 Å². The molecule has 0 saturated carbocycles. The lowest BCUT2D eigenvalue weighted by atomic mass is 9.91. The van der Waals surface area contributed by atoms with Gasteiger partial charge in [0.05, 0.1) is 33.5 Å². The average Bonchev–Trinajstić information content (AvgIpc) is 3.31. The van der Waals surface area contributed by atoms with E-state index in [0.717, 1.165) is 92.5 Å². The SMILES string of the molecule is CN(C)CCn1c(O)c2cc3c(c4cccc(c1=O)c24)=Nc1ccccc1C3=NCCCNCCCN=C1c2ccccc2N=c2c1cc1c(O)n(CCN(C)C)c(=O)c3cccc2c13. The van der Waals surface area contributed by atoms with E-state index in [1.807, 2.05) is 135 Å². The van der Waals surface area contributed by atoms with Crippen LogP contribution in [0, 0.1) is 0 Å². The van der Waals surface area contributed by atoms with Crippen LogP contribution in [-0.4, -0.2) is 108 Å². The summed E-state index contributed by atoms with van der Waals surface area (Å²) in [6.07, 6.45) is 1.60. The van der Waals surface area contributed by atoms with Gasteiger partial charge < -0.3 is 25.3 Å². The molecule has 2 aliphatic rings. The Morgan fingerprint density at radius 2 is 0.954 bits per heavy atom. The highest BCUT2D eigenvalue weighted by molar-refractivity contribution is 6.23. The Kier molecular flexibility index (Phi) is 11.1. The molecule has 2 aromatic heterocycles. The summed E-state index contributed by atoms with van der Waals surface area (Å²) in [6.45, 7) is 4.61. The Morgan fingerprint density at radius 1 is 0.538 bits per heavy atom. The number of aromatic nitrogens is 2. The fourth-order valence-corrected chi connectivity index (χ4v) is 9.37. The maximum absolute atomic E-state index is 13.7. The molecule has 0 unspecified atom stereocenters. The second-order valence-electron chi connectivity index (χ2n) is 17.4. The highest BCUT2D eigenvalue weighted by Gasteiger charge is 2.26. The van der Waals surface area contributed by atoms with Crippen LogP contribution < -0.4 is 27.1 Å². The first-order chi connectivity index (χ1) is 31.6. The van der Waals surface area contributed by atoms with Crippen molar-refractivity contribution in [2.24, 2.45) is 20.0 Å². The third-order valence-corrected chi connectivity index (χ3v) is 12.6. The first kappa shape index (κ1) is 41.9. The highest BCUT2D eigenvalue weighted by atomic mass is 16.3. The molecule has 328 valence electrons. The van der Waals surface area contributed by atoms with Crippen LogP contribution in [0.5, 0.6) is 11.8 Å². The number of hydrogen-bond acceptors (Lipinski definition) is 11. The summed E-state index contributed by atoms with van der Waals surface area (Å²) in [6, 6.07) is 31.3. The van der Waals surface area contributed by atoms with Crippen LogP contribution in [-0.2, 0) is 13.1 Å². The molecule has 0 saturated heterocycles. The molecule has 0 amide bonds. The van der Waals surface area contributed by atoms with Gasteiger partial charge >= 0.3 is 0 Å². The van der Waals surface area contributed by atoms with Crippen LogP contribution in [0.15, 0.2) is 127 Å². The lowest BCUT2D eigenvalue weighted by Crippen LogP contribution is -2.28. The number of hydrogen-bond donors (Lipinski definition) is 3. The summed E-state index contributed by atoms with van der Waals surface area (Å²) in [5.41, 5.74) is 6.41. The van der Waals surface area contributed by atoms with Crippen LogP contribution in [0.2, 0.25) is 0 Å². The number of benzene rings is 6. The van der Waals surface area contributed by atoms with Crippen molar-refractivity contribution >= 4 is 65.9 Å². The minimum Gasteiger partial charge on any atom is -0.494 e. The third-order valence-electron chi connectivity index (χ3n) is 12.6. The van der Waals surface area contributed by atoms with E-state index in [-0.39, 0.29) is 22.9 Å². The van der Waals surface area contributed by atoms with Gasteiger partial charge in [-0.2, -0.15) is 0 Å².